The molecule has 8 nitrogen and oxygen atoms in total. The minimum atomic E-state index is -0.849. The molecule has 3 rings (SSSR count). The first kappa shape index (κ1) is 18.9. The summed E-state index contributed by atoms with van der Waals surface area (Å²) < 4.78 is 16.1. The van der Waals surface area contributed by atoms with Crippen LogP contribution in [-0.4, -0.2) is 53.8 Å². The van der Waals surface area contributed by atoms with Gasteiger partial charge in [-0.15, -0.1) is 0 Å². The minimum Gasteiger partial charge on any atom is -0.466 e. The van der Waals surface area contributed by atoms with E-state index in [9.17, 15) is 9.59 Å². The number of unbranched alkanes of at least 4 members (excludes halogenated alkanes) is 1. The lowest BCUT2D eigenvalue weighted by Gasteiger charge is -2.40. The van der Waals surface area contributed by atoms with E-state index in [1.165, 1.54) is 14.2 Å². The van der Waals surface area contributed by atoms with Gasteiger partial charge in [0.25, 0.3) is 0 Å². The number of carbonyl (C=O) groups excluding carboxylic acids is 2. The summed E-state index contributed by atoms with van der Waals surface area (Å²) in [5.74, 6) is -1.29. The molecule has 0 spiro atoms. The van der Waals surface area contributed by atoms with Gasteiger partial charge in [0, 0.05) is 25.1 Å². The van der Waals surface area contributed by atoms with Gasteiger partial charge in [0.05, 0.1) is 19.9 Å². The average molecular weight is 373 g/mol. The van der Waals surface area contributed by atoms with Gasteiger partial charge in [0.15, 0.2) is 0 Å². The van der Waals surface area contributed by atoms with Crippen LogP contribution in [0.25, 0.3) is 0 Å². The molecule has 0 saturated heterocycles. The maximum absolute atomic E-state index is 12.6. The van der Waals surface area contributed by atoms with Crippen molar-refractivity contribution in [2.24, 2.45) is 0 Å². The van der Waals surface area contributed by atoms with Gasteiger partial charge in [0.2, 0.25) is 6.35 Å². The standard InChI is InChI=1S/C19H23N3O5/c1-4-5-10-21-11-12-22-15(18(24)26-3)14(17(23)25-2)16(27-19(21)22)13-8-6-7-9-20-13/h6-9,11-12,16,19H,4-5,10H2,1-3H3/t16-,19+/m0/s1. The van der Waals surface area contributed by atoms with Crippen molar-refractivity contribution in [2.45, 2.75) is 32.2 Å². The van der Waals surface area contributed by atoms with Crippen LogP contribution in [-0.2, 0) is 23.8 Å². The van der Waals surface area contributed by atoms with Gasteiger partial charge in [-0.25, -0.2) is 9.59 Å². The number of pyridine rings is 1. The zero-order valence-electron chi connectivity index (χ0n) is 15.6. The van der Waals surface area contributed by atoms with Gasteiger partial charge in [-0.05, 0) is 18.6 Å². The molecule has 0 saturated carbocycles. The largest absolute Gasteiger partial charge is 0.466 e. The fourth-order valence-electron chi connectivity index (χ4n) is 3.15. The summed E-state index contributed by atoms with van der Waals surface area (Å²) >= 11 is 0. The predicted octanol–water partition coefficient (Wildman–Crippen LogP) is 1.93. The zero-order valence-corrected chi connectivity index (χ0v) is 15.6. The molecule has 8 heteroatoms. The third kappa shape index (κ3) is 3.52. The number of hydrogen-bond acceptors (Lipinski definition) is 8. The summed E-state index contributed by atoms with van der Waals surface area (Å²) in [4.78, 5) is 33.0. The van der Waals surface area contributed by atoms with Crippen LogP contribution in [0.2, 0.25) is 0 Å². The molecule has 1 aromatic rings. The Morgan fingerprint density at radius 2 is 1.96 bits per heavy atom. The van der Waals surface area contributed by atoms with Gasteiger partial charge in [-0.2, -0.15) is 0 Å². The van der Waals surface area contributed by atoms with Crippen LogP contribution in [0, 0.1) is 0 Å². The molecule has 144 valence electrons. The molecule has 0 amide bonds. The van der Waals surface area contributed by atoms with Gasteiger partial charge in [-0.1, -0.05) is 19.4 Å². The number of carbonyl (C=O) groups is 2. The molecular formula is C19H23N3O5. The first-order chi connectivity index (χ1) is 13.1. The number of aromatic nitrogens is 1. The minimum absolute atomic E-state index is 0.0706. The fraction of sp³-hybridized carbons (Fsp3) is 0.421. The molecule has 2 atom stereocenters. The van der Waals surface area contributed by atoms with E-state index in [0.29, 0.717) is 5.69 Å². The van der Waals surface area contributed by atoms with Crippen molar-refractivity contribution in [2.75, 3.05) is 20.8 Å². The molecule has 0 unspecified atom stereocenters. The number of ether oxygens (including phenoxy) is 3. The maximum Gasteiger partial charge on any atom is 0.355 e. The second-order valence-electron chi connectivity index (χ2n) is 6.14. The zero-order chi connectivity index (χ0) is 19.4. The summed E-state index contributed by atoms with van der Waals surface area (Å²) in [6, 6.07) is 5.31. The van der Waals surface area contributed by atoms with E-state index >= 15 is 0 Å². The van der Waals surface area contributed by atoms with E-state index in [4.69, 9.17) is 14.2 Å². The summed E-state index contributed by atoms with van der Waals surface area (Å²) in [5, 5.41) is 0. The van der Waals surface area contributed by atoms with Crippen molar-refractivity contribution >= 4 is 11.9 Å². The van der Waals surface area contributed by atoms with Crippen LogP contribution >= 0.6 is 0 Å². The van der Waals surface area contributed by atoms with Crippen LogP contribution in [0.5, 0.6) is 0 Å². The Bertz CT molecular complexity index is 762. The molecule has 2 aliphatic heterocycles. The summed E-state index contributed by atoms with van der Waals surface area (Å²) in [6.07, 6.45) is 5.74. The second-order valence-corrected chi connectivity index (χ2v) is 6.14. The van der Waals surface area contributed by atoms with Crippen molar-refractivity contribution in [1.29, 1.82) is 0 Å². The van der Waals surface area contributed by atoms with Crippen molar-refractivity contribution in [1.82, 2.24) is 14.8 Å². The molecule has 27 heavy (non-hydrogen) atoms. The molecule has 3 heterocycles. The third-order valence-corrected chi connectivity index (χ3v) is 4.48. The summed E-state index contributed by atoms with van der Waals surface area (Å²) in [7, 11) is 2.54. The van der Waals surface area contributed by atoms with Crippen molar-refractivity contribution < 1.29 is 23.8 Å². The molecule has 0 bridgehead atoms. The molecule has 0 radical (unpaired) electrons. The first-order valence-electron chi connectivity index (χ1n) is 8.82. The molecule has 2 aliphatic rings. The van der Waals surface area contributed by atoms with Crippen molar-refractivity contribution in [3.63, 3.8) is 0 Å². The van der Waals surface area contributed by atoms with Crippen LogP contribution in [0.4, 0.5) is 0 Å². The highest BCUT2D eigenvalue weighted by atomic mass is 16.6. The first-order valence-corrected chi connectivity index (χ1v) is 8.82. The summed E-state index contributed by atoms with van der Waals surface area (Å²) in [5.41, 5.74) is 0.689. The Labute approximate surface area is 158 Å². The molecule has 0 aromatic carbocycles. The number of rotatable bonds is 6. The van der Waals surface area contributed by atoms with Crippen LogP contribution < -0.4 is 0 Å². The Morgan fingerprint density at radius 1 is 1.19 bits per heavy atom. The number of hydrogen-bond donors (Lipinski definition) is 0. The molecule has 0 aliphatic carbocycles. The monoisotopic (exact) mass is 373 g/mol. The van der Waals surface area contributed by atoms with Crippen molar-refractivity contribution in [3.8, 4) is 0 Å². The Kier molecular flexibility index (Phi) is 5.75. The van der Waals surface area contributed by atoms with Crippen LogP contribution in [0.1, 0.15) is 31.6 Å². The Hall–Kier alpha value is -2.87. The number of nitrogens with zero attached hydrogens (tertiary/aromatic N) is 3. The van der Waals surface area contributed by atoms with E-state index < -0.39 is 24.4 Å². The SMILES string of the molecule is CCCCN1C=CN2C(C(=O)OC)=C(C(=O)OC)[C@H](c3ccccn3)O[C@H]12. The maximum atomic E-state index is 12.6. The van der Waals surface area contributed by atoms with E-state index in [2.05, 4.69) is 11.9 Å². The lowest BCUT2D eigenvalue weighted by molar-refractivity contribution is -0.163. The smallest absolute Gasteiger partial charge is 0.355 e. The quantitative estimate of drug-likeness (QED) is 0.700. The average Bonchev–Trinajstić information content (AvgIpc) is 3.12. The molecular weight excluding hydrogens is 350 g/mol. The van der Waals surface area contributed by atoms with E-state index in [-0.39, 0.29) is 11.3 Å². The van der Waals surface area contributed by atoms with Crippen LogP contribution in [0.3, 0.4) is 0 Å². The van der Waals surface area contributed by atoms with E-state index in [0.717, 1.165) is 19.4 Å². The topological polar surface area (TPSA) is 81.2 Å². The summed E-state index contributed by atoms with van der Waals surface area (Å²) in [6.45, 7) is 2.86. The van der Waals surface area contributed by atoms with E-state index in [1.54, 1.807) is 35.5 Å². The Morgan fingerprint density at radius 3 is 2.59 bits per heavy atom. The fourth-order valence-corrected chi connectivity index (χ4v) is 3.15. The lowest BCUT2D eigenvalue weighted by Crippen LogP contribution is -2.48. The lowest BCUT2D eigenvalue weighted by atomic mass is 10.0. The second kappa shape index (κ2) is 8.22. The normalized spacial score (nSPS) is 21.3. The molecule has 0 N–H and O–H groups in total. The third-order valence-electron chi connectivity index (χ3n) is 4.48. The van der Waals surface area contributed by atoms with Crippen LogP contribution in [0.15, 0.2) is 48.1 Å². The highest BCUT2D eigenvalue weighted by Gasteiger charge is 2.46. The highest BCUT2D eigenvalue weighted by Crippen LogP contribution is 2.40. The van der Waals surface area contributed by atoms with Gasteiger partial charge < -0.3 is 19.1 Å². The predicted molar refractivity (Wildman–Crippen MR) is 95.5 cm³/mol. The molecule has 0 fully saturated rings. The molecule has 1 aromatic heterocycles. The van der Waals surface area contributed by atoms with Gasteiger partial charge >= 0.3 is 11.9 Å². The number of fused-ring (bicyclic) bond motifs is 1. The van der Waals surface area contributed by atoms with E-state index in [1.807, 2.05) is 11.1 Å². The Balaban J connectivity index is 2.10. The van der Waals surface area contributed by atoms with Gasteiger partial charge in [0.1, 0.15) is 17.4 Å². The van der Waals surface area contributed by atoms with Gasteiger partial charge in [-0.3, -0.25) is 9.88 Å². The highest BCUT2D eigenvalue weighted by molar-refractivity contribution is 6.01. The number of methoxy groups -OCH3 is 2. The van der Waals surface area contributed by atoms with Crippen molar-refractivity contribution in [3.05, 3.63) is 53.8 Å². The number of esters is 2.